The first-order chi connectivity index (χ1) is 13.2. The minimum atomic E-state index is 0.229. The van der Waals surface area contributed by atoms with Crippen LogP contribution < -0.4 is 9.47 Å². The summed E-state index contributed by atoms with van der Waals surface area (Å²) < 4.78 is 10.8. The number of hydrogen-bond acceptors (Lipinski definition) is 4. The number of rotatable bonds is 8. The van der Waals surface area contributed by atoms with Crippen molar-refractivity contribution in [3.63, 3.8) is 0 Å². The summed E-state index contributed by atoms with van der Waals surface area (Å²) in [5.74, 6) is 1.84. The molecule has 0 radical (unpaired) electrons. The van der Waals surface area contributed by atoms with E-state index in [1.165, 1.54) is 5.56 Å². The third kappa shape index (κ3) is 6.00. The second-order valence-corrected chi connectivity index (χ2v) is 6.77. The van der Waals surface area contributed by atoms with Crippen molar-refractivity contribution in [3.05, 3.63) is 60.2 Å². The molecule has 1 fully saturated rings. The number of carbonyl (C=O) groups is 1. The number of hydrogen-bond donors (Lipinski definition) is 0. The fourth-order valence-corrected chi connectivity index (χ4v) is 3.24. The number of carbonyl (C=O) groups excluding carboxylic acids is 1. The summed E-state index contributed by atoms with van der Waals surface area (Å²) in [5, 5.41) is 0. The molecule has 0 spiro atoms. The van der Waals surface area contributed by atoms with Gasteiger partial charge in [0.25, 0.3) is 0 Å². The van der Waals surface area contributed by atoms with E-state index in [0.717, 1.165) is 50.6 Å². The number of benzene rings is 2. The molecule has 1 heterocycles. The van der Waals surface area contributed by atoms with Gasteiger partial charge >= 0.3 is 0 Å². The Balaban J connectivity index is 1.32. The summed E-state index contributed by atoms with van der Waals surface area (Å²) in [5.41, 5.74) is 1.33. The van der Waals surface area contributed by atoms with E-state index in [1.54, 1.807) is 7.11 Å². The van der Waals surface area contributed by atoms with E-state index in [4.69, 9.17) is 9.47 Å². The molecule has 3 rings (SSSR count). The van der Waals surface area contributed by atoms with Crippen LogP contribution in [0.15, 0.2) is 54.6 Å². The van der Waals surface area contributed by atoms with Crippen LogP contribution in [0.4, 0.5) is 0 Å². The third-order valence-corrected chi connectivity index (χ3v) is 4.84. The average molecular weight is 368 g/mol. The maximum absolute atomic E-state index is 12.4. The molecule has 0 atom stereocenters. The van der Waals surface area contributed by atoms with E-state index in [-0.39, 0.29) is 5.91 Å². The first kappa shape index (κ1) is 19.2. The highest BCUT2D eigenvalue weighted by Gasteiger charge is 2.20. The highest BCUT2D eigenvalue weighted by molar-refractivity contribution is 5.76. The average Bonchev–Trinajstić information content (AvgIpc) is 2.73. The van der Waals surface area contributed by atoms with Gasteiger partial charge in [0, 0.05) is 39.1 Å². The maximum atomic E-state index is 12.4. The van der Waals surface area contributed by atoms with Gasteiger partial charge in [0.2, 0.25) is 5.91 Å². The lowest BCUT2D eigenvalue weighted by Gasteiger charge is -2.34. The number of methoxy groups -OCH3 is 1. The van der Waals surface area contributed by atoms with E-state index < -0.39 is 0 Å². The molecule has 0 aromatic heterocycles. The molecule has 0 unspecified atom stereocenters. The van der Waals surface area contributed by atoms with Crippen LogP contribution in [0, 0.1) is 0 Å². The molecule has 1 saturated heterocycles. The Morgan fingerprint density at radius 3 is 2.26 bits per heavy atom. The Morgan fingerprint density at radius 2 is 1.59 bits per heavy atom. The van der Waals surface area contributed by atoms with Crippen molar-refractivity contribution in [2.45, 2.75) is 19.4 Å². The first-order valence-electron chi connectivity index (χ1n) is 9.55. The summed E-state index contributed by atoms with van der Waals surface area (Å²) in [6.07, 6.45) is 1.27. The predicted molar refractivity (Wildman–Crippen MR) is 106 cm³/mol. The van der Waals surface area contributed by atoms with Crippen LogP contribution in [0.5, 0.6) is 11.5 Å². The van der Waals surface area contributed by atoms with E-state index in [0.29, 0.717) is 13.0 Å². The molecule has 27 heavy (non-hydrogen) atoms. The predicted octanol–water partition coefficient (Wildman–Crippen LogP) is 3.20. The van der Waals surface area contributed by atoms with E-state index in [9.17, 15) is 4.79 Å². The third-order valence-electron chi connectivity index (χ3n) is 4.84. The molecule has 2 aromatic carbocycles. The summed E-state index contributed by atoms with van der Waals surface area (Å²) >= 11 is 0. The smallest absolute Gasteiger partial charge is 0.222 e. The molecule has 1 aliphatic heterocycles. The van der Waals surface area contributed by atoms with Crippen molar-refractivity contribution in [3.8, 4) is 11.5 Å². The Bertz CT molecular complexity index is 695. The summed E-state index contributed by atoms with van der Waals surface area (Å²) in [7, 11) is 1.64. The zero-order valence-electron chi connectivity index (χ0n) is 16.0. The zero-order chi connectivity index (χ0) is 18.9. The minimum Gasteiger partial charge on any atom is -0.497 e. The summed E-state index contributed by atoms with van der Waals surface area (Å²) in [6, 6.07) is 18.0. The molecule has 0 N–H and O–H groups in total. The van der Waals surface area contributed by atoms with Crippen molar-refractivity contribution in [2.75, 3.05) is 39.9 Å². The van der Waals surface area contributed by atoms with Gasteiger partial charge in [-0.1, -0.05) is 30.3 Å². The normalized spacial score (nSPS) is 14.8. The molecule has 5 nitrogen and oxygen atoms in total. The minimum absolute atomic E-state index is 0.229. The van der Waals surface area contributed by atoms with Gasteiger partial charge in [0.1, 0.15) is 11.5 Å². The van der Waals surface area contributed by atoms with Crippen molar-refractivity contribution in [1.82, 2.24) is 9.80 Å². The van der Waals surface area contributed by atoms with Gasteiger partial charge in [-0.25, -0.2) is 0 Å². The molecular formula is C22H28N2O3. The summed E-state index contributed by atoms with van der Waals surface area (Å²) in [6.45, 7) is 4.99. The van der Waals surface area contributed by atoms with Gasteiger partial charge in [-0.15, -0.1) is 0 Å². The number of piperazine rings is 1. The lowest BCUT2D eigenvalue weighted by Crippen LogP contribution is -2.48. The molecule has 0 saturated carbocycles. The van der Waals surface area contributed by atoms with Crippen LogP contribution >= 0.6 is 0 Å². The molecule has 1 aliphatic rings. The van der Waals surface area contributed by atoms with Gasteiger partial charge in [0.15, 0.2) is 0 Å². The van der Waals surface area contributed by atoms with Crippen LogP contribution in [0.2, 0.25) is 0 Å². The molecule has 0 aliphatic carbocycles. The van der Waals surface area contributed by atoms with E-state index in [2.05, 4.69) is 29.2 Å². The lowest BCUT2D eigenvalue weighted by atomic mass is 10.2. The highest BCUT2D eigenvalue weighted by atomic mass is 16.5. The quantitative estimate of drug-likeness (QED) is 0.671. The van der Waals surface area contributed by atoms with Crippen molar-refractivity contribution in [2.24, 2.45) is 0 Å². The van der Waals surface area contributed by atoms with Gasteiger partial charge in [-0.2, -0.15) is 0 Å². The molecule has 1 amide bonds. The van der Waals surface area contributed by atoms with Crippen molar-refractivity contribution < 1.29 is 14.3 Å². The van der Waals surface area contributed by atoms with Crippen LogP contribution in [0.3, 0.4) is 0 Å². The fraction of sp³-hybridized carbons (Fsp3) is 0.409. The largest absolute Gasteiger partial charge is 0.497 e. The lowest BCUT2D eigenvalue weighted by molar-refractivity contribution is -0.133. The Labute approximate surface area is 161 Å². The second kappa shape index (κ2) is 9.97. The molecule has 144 valence electrons. The molecular weight excluding hydrogens is 340 g/mol. The molecule has 5 heteroatoms. The molecule has 0 bridgehead atoms. The second-order valence-electron chi connectivity index (χ2n) is 6.77. The van der Waals surface area contributed by atoms with E-state index >= 15 is 0 Å². The van der Waals surface area contributed by atoms with Gasteiger partial charge in [-0.3, -0.25) is 9.69 Å². The summed E-state index contributed by atoms with van der Waals surface area (Å²) in [4.78, 5) is 16.8. The standard InChI is InChI=1S/C22H28N2O3/c1-26-20-9-11-21(12-10-20)27-17-5-8-22(25)24-15-13-23(14-16-24)18-19-6-3-2-4-7-19/h2-4,6-7,9-12H,5,8,13-18H2,1H3. The monoisotopic (exact) mass is 368 g/mol. The molecule has 2 aromatic rings. The van der Waals surface area contributed by atoms with Gasteiger partial charge < -0.3 is 14.4 Å². The van der Waals surface area contributed by atoms with Crippen LogP contribution in [-0.4, -0.2) is 55.6 Å². The number of amides is 1. The van der Waals surface area contributed by atoms with Crippen molar-refractivity contribution >= 4 is 5.91 Å². The van der Waals surface area contributed by atoms with Crippen molar-refractivity contribution in [1.29, 1.82) is 0 Å². The Morgan fingerprint density at radius 1 is 0.926 bits per heavy atom. The van der Waals surface area contributed by atoms with Gasteiger partial charge in [0.05, 0.1) is 13.7 Å². The van der Waals surface area contributed by atoms with Crippen LogP contribution in [-0.2, 0) is 11.3 Å². The zero-order valence-corrected chi connectivity index (χ0v) is 16.0. The van der Waals surface area contributed by atoms with Gasteiger partial charge in [-0.05, 0) is 36.2 Å². The maximum Gasteiger partial charge on any atom is 0.222 e. The Kier molecular flexibility index (Phi) is 7.11. The van der Waals surface area contributed by atoms with E-state index in [1.807, 2.05) is 35.2 Å². The number of nitrogens with zero attached hydrogens (tertiary/aromatic N) is 2. The first-order valence-corrected chi connectivity index (χ1v) is 9.55. The SMILES string of the molecule is COc1ccc(OCCCC(=O)N2CCN(Cc3ccccc3)CC2)cc1. The highest BCUT2D eigenvalue weighted by Crippen LogP contribution is 2.17. The van der Waals surface area contributed by atoms with Crippen LogP contribution in [0.25, 0.3) is 0 Å². The van der Waals surface area contributed by atoms with Crippen LogP contribution in [0.1, 0.15) is 18.4 Å². The Hall–Kier alpha value is -2.53. The topological polar surface area (TPSA) is 42.0 Å². The fourth-order valence-electron chi connectivity index (χ4n) is 3.24. The number of ether oxygens (including phenoxy) is 2.